The third-order valence-electron chi connectivity index (χ3n) is 4.85. The second kappa shape index (κ2) is 9.28. The average molecular weight is 345 g/mol. The number of benzene rings is 2. The number of aryl methyl sites for hydroxylation is 2. The molecular formula is C24H28N2. The van der Waals surface area contributed by atoms with E-state index >= 15 is 0 Å². The molecule has 0 aliphatic carbocycles. The normalized spacial score (nSPS) is 10.8. The Labute approximate surface area is 157 Å². The Balaban J connectivity index is 1.86. The van der Waals surface area contributed by atoms with Crippen LogP contribution in [0.3, 0.4) is 0 Å². The molecule has 134 valence electrons. The molecule has 0 N–H and O–H groups in total. The molecule has 0 aliphatic rings. The van der Waals surface area contributed by atoms with Crippen LogP contribution in [0.4, 0.5) is 0 Å². The zero-order valence-electron chi connectivity index (χ0n) is 15.9. The summed E-state index contributed by atoms with van der Waals surface area (Å²) < 4.78 is 0. The first-order valence-corrected chi connectivity index (χ1v) is 9.82. The van der Waals surface area contributed by atoms with Gasteiger partial charge >= 0.3 is 0 Å². The molecule has 0 aliphatic heterocycles. The molecule has 0 unspecified atom stereocenters. The minimum Gasteiger partial charge on any atom is -0.158 e. The Morgan fingerprint density at radius 2 is 1.19 bits per heavy atom. The maximum absolute atomic E-state index is 4.44. The van der Waals surface area contributed by atoms with E-state index in [-0.39, 0.29) is 0 Å². The van der Waals surface area contributed by atoms with Gasteiger partial charge in [-0.1, -0.05) is 75.2 Å². The van der Waals surface area contributed by atoms with Gasteiger partial charge in [0.2, 0.25) is 0 Å². The predicted molar refractivity (Wildman–Crippen MR) is 110 cm³/mol. The van der Waals surface area contributed by atoms with Crippen molar-refractivity contribution in [3.05, 3.63) is 71.9 Å². The smallest absolute Gasteiger partial charge is 0.101 e. The quantitative estimate of drug-likeness (QED) is 0.466. The largest absolute Gasteiger partial charge is 0.158 e. The van der Waals surface area contributed by atoms with E-state index in [0.717, 1.165) is 29.7 Å². The maximum atomic E-state index is 4.44. The van der Waals surface area contributed by atoms with Crippen LogP contribution in [-0.4, -0.2) is 10.2 Å². The Morgan fingerprint density at radius 1 is 0.654 bits per heavy atom. The van der Waals surface area contributed by atoms with Gasteiger partial charge in [0.05, 0.1) is 6.20 Å². The summed E-state index contributed by atoms with van der Waals surface area (Å²) in [5, 5.41) is 8.57. The van der Waals surface area contributed by atoms with Crippen molar-refractivity contribution < 1.29 is 0 Å². The lowest BCUT2D eigenvalue weighted by Gasteiger charge is -2.10. The molecule has 2 aromatic carbocycles. The van der Waals surface area contributed by atoms with Gasteiger partial charge in [-0.25, -0.2) is 0 Å². The summed E-state index contributed by atoms with van der Waals surface area (Å²) in [4.78, 5) is 0. The summed E-state index contributed by atoms with van der Waals surface area (Å²) in [6.45, 7) is 4.46. The van der Waals surface area contributed by atoms with E-state index in [1.54, 1.807) is 6.20 Å². The summed E-state index contributed by atoms with van der Waals surface area (Å²) in [6, 6.07) is 19.7. The topological polar surface area (TPSA) is 25.8 Å². The summed E-state index contributed by atoms with van der Waals surface area (Å²) in [5.41, 5.74) is 7.22. The van der Waals surface area contributed by atoms with Gasteiger partial charge in [0.1, 0.15) is 5.69 Å². The van der Waals surface area contributed by atoms with E-state index in [2.05, 4.69) is 78.6 Å². The molecule has 3 rings (SSSR count). The van der Waals surface area contributed by atoms with Crippen molar-refractivity contribution in [2.24, 2.45) is 0 Å². The second-order valence-electron chi connectivity index (χ2n) is 6.89. The highest BCUT2D eigenvalue weighted by molar-refractivity contribution is 5.80. The van der Waals surface area contributed by atoms with Gasteiger partial charge < -0.3 is 0 Å². The highest BCUT2D eigenvalue weighted by Crippen LogP contribution is 2.30. The van der Waals surface area contributed by atoms with E-state index in [1.807, 2.05) is 0 Å². The lowest BCUT2D eigenvalue weighted by molar-refractivity contribution is 0.795. The second-order valence-corrected chi connectivity index (χ2v) is 6.89. The predicted octanol–water partition coefficient (Wildman–Crippen LogP) is 6.50. The highest BCUT2D eigenvalue weighted by atomic mass is 15.1. The molecule has 2 nitrogen and oxygen atoms in total. The van der Waals surface area contributed by atoms with Crippen molar-refractivity contribution in [1.82, 2.24) is 10.2 Å². The molecule has 0 fully saturated rings. The SMILES string of the molecule is CCCCc1ccc(-c2ccnnc2-c2ccc(CCCC)cc2)cc1. The molecule has 0 radical (unpaired) electrons. The molecule has 0 saturated heterocycles. The third kappa shape index (κ3) is 4.57. The van der Waals surface area contributed by atoms with Crippen molar-refractivity contribution in [3.63, 3.8) is 0 Å². The summed E-state index contributed by atoms with van der Waals surface area (Å²) >= 11 is 0. The lowest BCUT2D eigenvalue weighted by atomic mass is 9.97. The fourth-order valence-corrected chi connectivity index (χ4v) is 3.22. The van der Waals surface area contributed by atoms with Crippen LogP contribution in [0.25, 0.3) is 22.4 Å². The van der Waals surface area contributed by atoms with Gasteiger partial charge in [-0.3, -0.25) is 0 Å². The number of unbranched alkanes of at least 4 members (excludes halogenated alkanes) is 2. The minimum atomic E-state index is 0.954. The van der Waals surface area contributed by atoms with Crippen LogP contribution in [0.1, 0.15) is 50.7 Å². The third-order valence-corrected chi connectivity index (χ3v) is 4.85. The standard InChI is InChI=1S/C24H28N2/c1-3-5-7-19-9-13-21(14-10-19)23-17-18-25-26-24(23)22-15-11-20(12-16-22)8-6-4-2/h9-18H,3-8H2,1-2H3. The molecule has 0 saturated carbocycles. The van der Waals surface area contributed by atoms with Crippen molar-refractivity contribution in [3.8, 4) is 22.4 Å². The number of hydrogen-bond acceptors (Lipinski definition) is 2. The summed E-state index contributed by atoms with van der Waals surface area (Å²) in [5.74, 6) is 0. The molecule has 2 heteroatoms. The van der Waals surface area contributed by atoms with Gasteiger partial charge in [0.15, 0.2) is 0 Å². The first-order valence-electron chi connectivity index (χ1n) is 9.82. The highest BCUT2D eigenvalue weighted by Gasteiger charge is 2.09. The fraction of sp³-hybridized carbons (Fsp3) is 0.333. The number of hydrogen-bond donors (Lipinski definition) is 0. The van der Waals surface area contributed by atoms with Crippen LogP contribution in [0.2, 0.25) is 0 Å². The molecule has 1 heterocycles. The van der Waals surface area contributed by atoms with Crippen LogP contribution in [0.5, 0.6) is 0 Å². The molecule has 0 atom stereocenters. The Hall–Kier alpha value is -2.48. The van der Waals surface area contributed by atoms with E-state index < -0.39 is 0 Å². The zero-order valence-corrected chi connectivity index (χ0v) is 15.9. The zero-order chi connectivity index (χ0) is 18.2. The molecular weight excluding hydrogens is 316 g/mol. The Morgan fingerprint density at radius 3 is 1.73 bits per heavy atom. The van der Waals surface area contributed by atoms with Crippen LogP contribution in [0.15, 0.2) is 60.8 Å². The van der Waals surface area contributed by atoms with Gasteiger partial charge in [-0.05, 0) is 48.4 Å². The lowest BCUT2D eigenvalue weighted by Crippen LogP contribution is -1.93. The van der Waals surface area contributed by atoms with Crippen LogP contribution in [-0.2, 0) is 12.8 Å². The monoisotopic (exact) mass is 344 g/mol. The number of nitrogens with zero attached hydrogens (tertiary/aromatic N) is 2. The molecule has 26 heavy (non-hydrogen) atoms. The van der Waals surface area contributed by atoms with Crippen molar-refractivity contribution >= 4 is 0 Å². The first kappa shape index (κ1) is 18.3. The van der Waals surface area contributed by atoms with E-state index in [1.165, 1.54) is 42.4 Å². The molecule has 3 aromatic rings. The van der Waals surface area contributed by atoms with Crippen LogP contribution < -0.4 is 0 Å². The summed E-state index contributed by atoms with van der Waals surface area (Å²) in [6.07, 6.45) is 9.00. The molecule has 1 aromatic heterocycles. The van der Waals surface area contributed by atoms with Gasteiger partial charge in [-0.15, -0.1) is 5.10 Å². The van der Waals surface area contributed by atoms with Gasteiger partial charge in [0, 0.05) is 11.1 Å². The van der Waals surface area contributed by atoms with Crippen LogP contribution >= 0.6 is 0 Å². The number of rotatable bonds is 8. The van der Waals surface area contributed by atoms with E-state index in [9.17, 15) is 0 Å². The van der Waals surface area contributed by atoms with Crippen molar-refractivity contribution in [2.75, 3.05) is 0 Å². The van der Waals surface area contributed by atoms with E-state index in [4.69, 9.17) is 0 Å². The summed E-state index contributed by atoms with van der Waals surface area (Å²) in [7, 11) is 0. The minimum absolute atomic E-state index is 0.954. The Kier molecular flexibility index (Phi) is 6.54. The molecule has 0 bridgehead atoms. The van der Waals surface area contributed by atoms with Gasteiger partial charge in [0.25, 0.3) is 0 Å². The Bertz CT molecular complexity index is 734. The number of aromatic nitrogens is 2. The average Bonchev–Trinajstić information content (AvgIpc) is 2.71. The van der Waals surface area contributed by atoms with Crippen molar-refractivity contribution in [1.29, 1.82) is 0 Å². The maximum Gasteiger partial charge on any atom is 0.101 e. The van der Waals surface area contributed by atoms with Crippen molar-refractivity contribution in [2.45, 2.75) is 52.4 Å². The molecule has 0 amide bonds. The molecule has 0 spiro atoms. The van der Waals surface area contributed by atoms with E-state index in [0.29, 0.717) is 0 Å². The fourth-order valence-electron chi connectivity index (χ4n) is 3.22. The van der Waals surface area contributed by atoms with Gasteiger partial charge in [-0.2, -0.15) is 5.10 Å². The van der Waals surface area contributed by atoms with Crippen LogP contribution in [0, 0.1) is 0 Å². The first-order chi connectivity index (χ1) is 12.8.